The summed E-state index contributed by atoms with van der Waals surface area (Å²) < 4.78 is 5.26. The van der Waals surface area contributed by atoms with Crippen molar-refractivity contribution in [2.24, 2.45) is 10.9 Å². The highest BCUT2D eigenvalue weighted by molar-refractivity contribution is 5.80. The monoisotopic (exact) mass is 387 g/mol. The number of aliphatic imine (C=N–C) groups is 1. The Bertz CT molecular complexity index is 602. The molecule has 0 radical (unpaired) electrons. The van der Waals surface area contributed by atoms with E-state index in [9.17, 15) is 0 Å². The van der Waals surface area contributed by atoms with E-state index in [-0.39, 0.29) is 0 Å². The molecule has 156 valence electrons. The van der Waals surface area contributed by atoms with Crippen LogP contribution in [0.3, 0.4) is 0 Å². The van der Waals surface area contributed by atoms with E-state index in [2.05, 4.69) is 44.1 Å². The van der Waals surface area contributed by atoms with Gasteiger partial charge in [-0.1, -0.05) is 6.92 Å². The molecule has 0 aliphatic carbocycles. The molecular formula is C22H37N5O. The van der Waals surface area contributed by atoms with Crippen LogP contribution < -0.4 is 15.0 Å². The Labute approximate surface area is 170 Å². The summed E-state index contributed by atoms with van der Waals surface area (Å²) in [5.41, 5.74) is 1.27. The summed E-state index contributed by atoms with van der Waals surface area (Å²) in [7, 11) is 3.61. The first-order valence-corrected chi connectivity index (χ1v) is 10.8. The van der Waals surface area contributed by atoms with Gasteiger partial charge < -0.3 is 24.8 Å². The van der Waals surface area contributed by atoms with Gasteiger partial charge in [0.05, 0.1) is 7.11 Å². The highest BCUT2D eigenvalue weighted by Crippen LogP contribution is 2.21. The van der Waals surface area contributed by atoms with Crippen molar-refractivity contribution in [3.05, 3.63) is 24.3 Å². The van der Waals surface area contributed by atoms with Gasteiger partial charge in [-0.05, 0) is 69.1 Å². The molecule has 1 N–H and O–H groups in total. The smallest absolute Gasteiger partial charge is 0.193 e. The number of anilines is 1. The lowest BCUT2D eigenvalue weighted by Gasteiger charge is -2.38. The van der Waals surface area contributed by atoms with Crippen molar-refractivity contribution in [2.45, 2.75) is 26.2 Å². The summed E-state index contributed by atoms with van der Waals surface area (Å²) in [6, 6.07) is 8.36. The molecular weight excluding hydrogens is 350 g/mol. The van der Waals surface area contributed by atoms with Gasteiger partial charge >= 0.3 is 0 Å². The Balaban J connectivity index is 1.40. The minimum atomic E-state index is 0.861. The molecule has 6 nitrogen and oxygen atoms in total. The maximum atomic E-state index is 5.26. The summed E-state index contributed by atoms with van der Waals surface area (Å²) in [5, 5.41) is 3.61. The van der Waals surface area contributed by atoms with E-state index in [1.807, 2.05) is 19.2 Å². The van der Waals surface area contributed by atoms with Gasteiger partial charge in [0.25, 0.3) is 0 Å². The molecule has 0 atom stereocenters. The van der Waals surface area contributed by atoms with Crippen LogP contribution in [0.4, 0.5) is 5.69 Å². The molecule has 2 aliphatic rings. The molecule has 2 fully saturated rings. The van der Waals surface area contributed by atoms with Crippen LogP contribution in [-0.4, -0.2) is 82.3 Å². The van der Waals surface area contributed by atoms with Crippen molar-refractivity contribution in [2.75, 3.05) is 71.4 Å². The third-order valence-corrected chi connectivity index (χ3v) is 6.22. The van der Waals surface area contributed by atoms with E-state index >= 15 is 0 Å². The van der Waals surface area contributed by atoms with E-state index in [0.717, 1.165) is 50.4 Å². The predicted molar refractivity (Wildman–Crippen MR) is 118 cm³/mol. The number of nitrogens with one attached hydrogen (secondary N) is 1. The summed E-state index contributed by atoms with van der Waals surface area (Å²) >= 11 is 0. The number of ether oxygens (including phenoxy) is 1. The van der Waals surface area contributed by atoms with Crippen LogP contribution in [0.25, 0.3) is 0 Å². The Morgan fingerprint density at radius 1 is 1.07 bits per heavy atom. The van der Waals surface area contributed by atoms with Gasteiger partial charge in [0.15, 0.2) is 5.96 Å². The quantitative estimate of drug-likeness (QED) is 0.600. The topological polar surface area (TPSA) is 43.3 Å². The van der Waals surface area contributed by atoms with Crippen LogP contribution in [0.5, 0.6) is 5.75 Å². The SMILES string of the molecule is CCN1CCC(CCNC(=NC)N2CCN(c3ccc(OC)cc3)CC2)CC1. The largest absolute Gasteiger partial charge is 0.497 e. The van der Waals surface area contributed by atoms with Crippen LogP contribution in [-0.2, 0) is 0 Å². The second-order valence-electron chi connectivity index (χ2n) is 7.81. The van der Waals surface area contributed by atoms with Gasteiger partial charge in [0, 0.05) is 45.5 Å². The normalized spacial score (nSPS) is 19.8. The van der Waals surface area contributed by atoms with E-state index in [1.165, 1.54) is 44.6 Å². The van der Waals surface area contributed by atoms with Crippen molar-refractivity contribution in [3.8, 4) is 5.75 Å². The molecule has 1 aromatic carbocycles. The van der Waals surface area contributed by atoms with E-state index in [4.69, 9.17) is 4.74 Å². The van der Waals surface area contributed by atoms with Gasteiger partial charge in [-0.3, -0.25) is 4.99 Å². The highest BCUT2D eigenvalue weighted by atomic mass is 16.5. The van der Waals surface area contributed by atoms with E-state index in [0.29, 0.717) is 0 Å². The first kappa shape index (κ1) is 20.8. The summed E-state index contributed by atoms with van der Waals surface area (Å²) in [6.45, 7) is 11.1. The molecule has 1 aromatic rings. The van der Waals surface area contributed by atoms with Crippen LogP contribution >= 0.6 is 0 Å². The average molecular weight is 388 g/mol. The number of guanidine groups is 1. The fraction of sp³-hybridized carbons (Fsp3) is 0.682. The Morgan fingerprint density at radius 2 is 1.75 bits per heavy atom. The molecule has 2 aliphatic heterocycles. The van der Waals surface area contributed by atoms with Gasteiger partial charge in [-0.25, -0.2) is 0 Å². The van der Waals surface area contributed by atoms with Crippen LogP contribution in [0.2, 0.25) is 0 Å². The molecule has 0 amide bonds. The Kier molecular flexibility index (Phi) is 7.83. The van der Waals surface area contributed by atoms with Crippen molar-refractivity contribution in [3.63, 3.8) is 0 Å². The summed E-state index contributed by atoms with van der Waals surface area (Å²) in [4.78, 5) is 11.9. The molecule has 0 unspecified atom stereocenters. The minimum Gasteiger partial charge on any atom is -0.497 e. The maximum Gasteiger partial charge on any atom is 0.193 e. The van der Waals surface area contributed by atoms with E-state index in [1.54, 1.807) is 7.11 Å². The third kappa shape index (κ3) is 5.53. The fourth-order valence-electron chi connectivity index (χ4n) is 4.28. The zero-order valence-corrected chi connectivity index (χ0v) is 17.9. The van der Waals surface area contributed by atoms with Crippen molar-refractivity contribution >= 4 is 11.6 Å². The maximum absolute atomic E-state index is 5.26. The van der Waals surface area contributed by atoms with Gasteiger partial charge in [0.1, 0.15) is 5.75 Å². The van der Waals surface area contributed by atoms with Crippen LogP contribution in [0, 0.1) is 5.92 Å². The first-order chi connectivity index (χ1) is 13.7. The molecule has 28 heavy (non-hydrogen) atoms. The Morgan fingerprint density at radius 3 is 2.32 bits per heavy atom. The first-order valence-electron chi connectivity index (χ1n) is 10.8. The lowest BCUT2D eigenvalue weighted by Crippen LogP contribution is -2.52. The van der Waals surface area contributed by atoms with Gasteiger partial charge in [-0.15, -0.1) is 0 Å². The fourth-order valence-corrected chi connectivity index (χ4v) is 4.28. The number of hydrogen-bond donors (Lipinski definition) is 1. The van der Waals surface area contributed by atoms with Gasteiger partial charge in [0.2, 0.25) is 0 Å². The molecule has 2 heterocycles. The lowest BCUT2D eigenvalue weighted by molar-refractivity contribution is 0.187. The molecule has 0 bridgehead atoms. The highest BCUT2D eigenvalue weighted by Gasteiger charge is 2.21. The standard InChI is InChI=1S/C22H37N5O/c1-4-25-13-10-19(11-14-25)9-12-24-22(23-2)27-17-15-26(16-18-27)20-5-7-21(28-3)8-6-20/h5-8,19H,4,9-18H2,1-3H3,(H,23,24). The predicted octanol–water partition coefficient (Wildman–Crippen LogP) is 2.51. The number of nitrogens with zero attached hydrogens (tertiary/aromatic N) is 4. The summed E-state index contributed by atoms with van der Waals surface area (Å²) in [6.07, 6.45) is 3.94. The molecule has 2 saturated heterocycles. The van der Waals surface area contributed by atoms with Gasteiger partial charge in [-0.2, -0.15) is 0 Å². The van der Waals surface area contributed by atoms with Crippen LogP contribution in [0.15, 0.2) is 29.3 Å². The van der Waals surface area contributed by atoms with Crippen LogP contribution in [0.1, 0.15) is 26.2 Å². The second kappa shape index (κ2) is 10.6. The van der Waals surface area contributed by atoms with Crippen molar-refractivity contribution in [1.82, 2.24) is 15.1 Å². The molecule has 0 spiro atoms. The number of benzene rings is 1. The minimum absolute atomic E-state index is 0.861. The lowest BCUT2D eigenvalue weighted by atomic mass is 9.93. The summed E-state index contributed by atoms with van der Waals surface area (Å²) in [5.74, 6) is 2.83. The molecule has 3 rings (SSSR count). The molecule has 6 heteroatoms. The zero-order chi connectivity index (χ0) is 19.8. The number of likely N-dealkylation sites (tertiary alicyclic amines) is 1. The third-order valence-electron chi connectivity index (χ3n) is 6.22. The molecule has 0 aromatic heterocycles. The zero-order valence-electron chi connectivity index (χ0n) is 17.9. The Hall–Kier alpha value is -1.95. The molecule has 0 saturated carbocycles. The van der Waals surface area contributed by atoms with Crippen molar-refractivity contribution in [1.29, 1.82) is 0 Å². The van der Waals surface area contributed by atoms with E-state index < -0.39 is 0 Å². The number of methoxy groups -OCH3 is 1. The van der Waals surface area contributed by atoms with Crippen molar-refractivity contribution < 1.29 is 4.74 Å². The average Bonchev–Trinajstić information content (AvgIpc) is 2.77. The number of piperidine rings is 1. The number of piperazine rings is 1. The number of hydrogen-bond acceptors (Lipinski definition) is 4. The second-order valence-corrected chi connectivity index (χ2v) is 7.81. The number of rotatable bonds is 6.